The van der Waals surface area contributed by atoms with E-state index >= 15 is 0 Å². The van der Waals surface area contributed by atoms with Crippen LogP contribution in [0.25, 0.3) is 5.65 Å². The molecule has 3 aromatic heterocycles. The highest BCUT2D eigenvalue weighted by atomic mass is 35.5. The minimum atomic E-state index is -4.47. The summed E-state index contributed by atoms with van der Waals surface area (Å²) in [6.45, 7) is 3.90. The van der Waals surface area contributed by atoms with E-state index < -0.39 is 11.7 Å². The van der Waals surface area contributed by atoms with E-state index in [0.29, 0.717) is 16.4 Å². The van der Waals surface area contributed by atoms with E-state index in [2.05, 4.69) is 15.1 Å². The van der Waals surface area contributed by atoms with Gasteiger partial charge in [-0.3, -0.25) is 9.78 Å². The molecular formula is C18H16ClF3N4O. The Labute approximate surface area is 158 Å². The summed E-state index contributed by atoms with van der Waals surface area (Å²) in [5.41, 5.74) is 1.28. The molecule has 0 saturated carbocycles. The molecule has 0 spiro atoms. The van der Waals surface area contributed by atoms with Crippen LogP contribution in [0.2, 0.25) is 5.15 Å². The van der Waals surface area contributed by atoms with Gasteiger partial charge in [0.1, 0.15) is 5.78 Å². The average Bonchev–Trinajstić information content (AvgIpc) is 2.93. The Kier molecular flexibility index (Phi) is 5.19. The van der Waals surface area contributed by atoms with Crippen molar-refractivity contribution in [2.45, 2.75) is 38.8 Å². The van der Waals surface area contributed by atoms with Gasteiger partial charge in [-0.05, 0) is 23.6 Å². The summed E-state index contributed by atoms with van der Waals surface area (Å²) in [6.07, 6.45) is -2.00. The fourth-order valence-electron chi connectivity index (χ4n) is 2.94. The molecule has 0 fully saturated rings. The van der Waals surface area contributed by atoms with E-state index in [0.717, 1.165) is 24.0 Å². The second-order valence-corrected chi connectivity index (χ2v) is 6.87. The quantitative estimate of drug-likeness (QED) is 0.646. The predicted molar refractivity (Wildman–Crippen MR) is 93.7 cm³/mol. The maximum atomic E-state index is 12.8. The number of aromatic nitrogens is 4. The van der Waals surface area contributed by atoms with Crippen molar-refractivity contribution in [2.24, 2.45) is 0 Å². The van der Waals surface area contributed by atoms with E-state index in [1.807, 2.05) is 13.8 Å². The molecule has 0 aliphatic heterocycles. The highest BCUT2D eigenvalue weighted by molar-refractivity contribution is 6.29. The third-order valence-electron chi connectivity index (χ3n) is 4.03. The van der Waals surface area contributed by atoms with Crippen molar-refractivity contribution < 1.29 is 18.0 Å². The molecule has 0 bridgehead atoms. The van der Waals surface area contributed by atoms with Gasteiger partial charge in [-0.25, -0.2) is 9.50 Å². The summed E-state index contributed by atoms with van der Waals surface area (Å²) in [4.78, 5) is 20.6. The first-order valence-corrected chi connectivity index (χ1v) is 8.60. The van der Waals surface area contributed by atoms with Crippen molar-refractivity contribution in [3.63, 3.8) is 0 Å². The van der Waals surface area contributed by atoms with Gasteiger partial charge < -0.3 is 0 Å². The molecule has 0 aromatic carbocycles. The first kappa shape index (κ1) is 19.3. The molecule has 9 heteroatoms. The summed E-state index contributed by atoms with van der Waals surface area (Å²) < 4.78 is 40.0. The van der Waals surface area contributed by atoms with Crippen molar-refractivity contribution in [1.82, 2.24) is 19.6 Å². The summed E-state index contributed by atoms with van der Waals surface area (Å²) in [6, 6.07) is 3.39. The van der Waals surface area contributed by atoms with Crippen molar-refractivity contribution in [2.75, 3.05) is 0 Å². The number of fused-ring (bicyclic) bond motifs is 1. The van der Waals surface area contributed by atoms with Gasteiger partial charge in [0.25, 0.3) is 0 Å². The monoisotopic (exact) mass is 396 g/mol. The molecular weight excluding hydrogens is 381 g/mol. The van der Waals surface area contributed by atoms with Crippen LogP contribution in [-0.4, -0.2) is 25.4 Å². The largest absolute Gasteiger partial charge is 0.416 e. The second kappa shape index (κ2) is 7.26. The molecule has 142 valence electrons. The number of hydrogen-bond acceptors (Lipinski definition) is 4. The molecule has 27 heavy (non-hydrogen) atoms. The van der Waals surface area contributed by atoms with E-state index in [4.69, 9.17) is 11.6 Å². The lowest BCUT2D eigenvalue weighted by molar-refractivity contribution is -0.137. The zero-order chi connectivity index (χ0) is 19.8. The number of nitrogens with zero attached hydrogens (tertiary/aromatic N) is 4. The predicted octanol–water partition coefficient (Wildman–Crippen LogP) is 4.27. The van der Waals surface area contributed by atoms with Gasteiger partial charge in [0.2, 0.25) is 0 Å². The highest BCUT2D eigenvalue weighted by Gasteiger charge is 2.30. The average molecular weight is 397 g/mol. The topological polar surface area (TPSA) is 60.2 Å². The summed E-state index contributed by atoms with van der Waals surface area (Å²) in [5.74, 6) is -0.218. The van der Waals surface area contributed by atoms with Gasteiger partial charge in [-0.1, -0.05) is 25.4 Å². The minimum absolute atomic E-state index is 0.0197. The van der Waals surface area contributed by atoms with Crippen LogP contribution in [-0.2, 0) is 23.8 Å². The lowest BCUT2D eigenvalue weighted by Crippen LogP contribution is -2.14. The fourth-order valence-corrected chi connectivity index (χ4v) is 3.11. The minimum Gasteiger partial charge on any atom is -0.299 e. The SMILES string of the molecule is CC(C)c1c(CC(=O)Cc2cc(C(F)(F)F)ccn2)cnc2cc(Cl)nn12. The van der Waals surface area contributed by atoms with E-state index in [1.165, 1.54) is 0 Å². The van der Waals surface area contributed by atoms with Crippen LogP contribution >= 0.6 is 11.6 Å². The first-order valence-electron chi connectivity index (χ1n) is 8.22. The Balaban J connectivity index is 1.85. The molecule has 0 aliphatic rings. The number of pyridine rings is 1. The highest BCUT2D eigenvalue weighted by Crippen LogP contribution is 2.29. The number of Topliss-reactive ketones (excluding diaryl/α,β-unsaturated/α-hetero) is 1. The van der Waals surface area contributed by atoms with E-state index in [1.54, 1.807) is 16.8 Å². The van der Waals surface area contributed by atoms with Crippen molar-refractivity contribution in [1.29, 1.82) is 0 Å². The molecule has 0 atom stereocenters. The number of hydrogen-bond donors (Lipinski definition) is 0. The molecule has 0 N–H and O–H groups in total. The van der Waals surface area contributed by atoms with Gasteiger partial charge in [-0.15, -0.1) is 0 Å². The molecule has 0 radical (unpaired) electrons. The van der Waals surface area contributed by atoms with E-state index in [9.17, 15) is 18.0 Å². The smallest absolute Gasteiger partial charge is 0.299 e. The maximum absolute atomic E-state index is 12.8. The molecule has 5 nitrogen and oxygen atoms in total. The van der Waals surface area contributed by atoms with Crippen molar-refractivity contribution in [3.8, 4) is 0 Å². The number of alkyl halides is 3. The standard InChI is InChI=1S/C18H16ClF3N4O/c1-10(2)17-11(9-24-16-8-15(19)25-26(16)17)5-14(27)7-13-6-12(3-4-23-13)18(20,21)22/h3-4,6,8-10H,5,7H2,1-2H3. The van der Waals surface area contributed by atoms with Crippen LogP contribution in [0.1, 0.15) is 42.3 Å². The number of ketones is 1. The number of rotatable bonds is 5. The van der Waals surface area contributed by atoms with Gasteiger partial charge in [0.15, 0.2) is 10.8 Å². The lowest BCUT2D eigenvalue weighted by Gasteiger charge is -2.14. The zero-order valence-electron chi connectivity index (χ0n) is 14.6. The van der Waals surface area contributed by atoms with Crippen LogP contribution in [0.4, 0.5) is 13.2 Å². The molecule has 3 aromatic rings. The molecule has 0 amide bonds. The maximum Gasteiger partial charge on any atom is 0.416 e. The van der Waals surface area contributed by atoms with Crippen LogP contribution in [0.3, 0.4) is 0 Å². The molecule has 3 rings (SSSR count). The number of halogens is 4. The van der Waals surface area contributed by atoms with Crippen LogP contribution in [0, 0.1) is 0 Å². The molecule has 0 aliphatic carbocycles. The molecule has 3 heterocycles. The Morgan fingerprint density at radius 1 is 1.22 bits per heavy atom. The fraction of sp³-hybridized carbons (Fsp3) is 0.333. The van der Waals surface area contributed by atoms with Crippen LogP contribution in [0.5, 0.6) is 0 Å². The van der Waals surface area contributed by atoms with Crippen LogP contribution in [0.15, 0.2) is 30.6 Å². The summed E-state index contributed by atoms with van der Waals surface area (Å²) in [5, 5.41) is 4.49. The number of carbonyl (C=O) groups excluding carboxylic acids is 1. The lowest BCUT2D eigenvalue weighted by atomic mass is 9.99. The Morgan fingerprint density at radius 3 is 2.63 bits per heavy atom. The van der Waals surface area contributed by atoms with Gasteiger partial charge in [-0.2, -0.15) is 18.3 Å². The van der Waals surface area contributed by atoms with Crippen molar-refractivity contribution >= 4 is 23.0 Å². The third-order valence-corrected chi connectivity index (χ3v) is 4.21. The van der Waals surface area contributed by atoms with Gasteiger partial charge >= 0.3 is 6.18 Å². The summed E-state index contributed by atoms with van der Waals surface area (Å²) >= 11 is 5.94. The molecule has 0 saturated heterocycles. The third kappa shape index (κ3) is 4.27. The van der Waals surface area contributed by atoms with Crippen LogP contribution < -0.4 is 0 Å². The second-order valence-electron chi connectivity index (χ2n) is 6.49. The Hall–Kier alpha value is -2.48. The molecule has 0 unspecified atom stereocenters. The van der Waals surface area contributed by atoms with Crippen molar-refractivity contribution in [3.05, 3.63) is 58.3 Å². The zero-order valence-corrected chi connectivity index (χ0v) is 15.3. The van der Waals surface area contributed by atoms with Gasteiger partial charge in [0.05, 0.1) is 11.3 Å². The Bertz CT molecular complexity index is 998. The number of carbonyl (C=O) groups is 1. The van der Waals surface area contributed by atoms with Gasteiger partial charge in [0, 0.05) is 37.0 Å². The summed E-state index contributed by atoms with van der Waals surface area (Å²) in [7, 11) is 0. The normalized spacial score (nSPS) is 12.1. The van der Waals surface area contributed by atoms with E-state index in [-0.39, 0.29) is 30.2 Å². The Morgan fingerprint density at radius 2 is 1.96 bits per heavy atom. The first-order chi connectivity index (χ1) is 12.6.